The summed E-state index contributed by atoms with van der Waals surface area (Å²) in [7, 11) is 1.82. The van der Waals surface area contributed by atoms with E-state index in [1.54, 1.807) is 6.92 Å². The molecule has 7 N–H and O–H groups in total. The summed E-state index contributed by atoms with van der Waals surface area (Å²) < 4.78 is 13.8. The lowest BCUT2D eigenvalue weighted by Gasteiger charge is -2.13. The molecule has 10 nitrogen and oxygen atoms in total. The number of nitrogens with zero attached hydrogens (tertiary/aromatic N) is 3. The number of anilines is 2. The lowest BCUT2D eigenvalue weighted by Crippen LogP contribution is -2.27. The second kappa shape index (κ2) is 10.2. The number of rotatable bonds is 5. The van der Waals surface area contributed by atoms with E-state index in [0.29, 0.717) is 23.2 Å². The van der Waals surface area contributed by atoms with Gasteiger partial charge in [-0.05, 0) is 49.2 Å². The zero-order valence-electron chi connectivity index (χ0n) is 19.3. The van der Waals surface area contributed by atoms with Crippen LogP contribution in [0.5, 0.6) is 0 Å². The standard InChI is InChI=1S/C16H19N5O3.C8H7FO2/c1-8-6-10(18-3)4-5-11(8)12-13-14(17)19-7-9(2)21(13)15(20-12)16(22,23)24;9-7-3-1-2-6(4-7)8(11)5-10/h4-7,18,22-24H,1-3H3,(H2,17,19);1-5,8,11H. The Morgan fingerprint density at radius 1 is 1.17 bits per heavy atom. The Labute approximate surface area is 200 Å². The molecule has 35 heavy (non-hydrogen) atoms. The second-order valence-corrected chi connectivity index (χ2v) is 7.80. The number of carbonyl (C=O) groups is 1. The monoisotopic (exact) mass is 483 g/mol. The van der Waals surface area contributed by atoms with Gasteiger partial charge in [0.25, 0.3) is 0 Å². The molecule has 0 radical (unpaired) electrons. The number of aldehydes is 1. The number of nitrogens with two attached hydrogens (primary N) is 1. The van der Waals surface area contributed by atoms with Gasteiger partial charge < -0.3 is 36.3 Å². The lowest BCUT2D eigenvalue weighted by atomic mass is 10.0. The Morgan fingerprint density at radius 2 is 1.89 bits per heavy atom. The lowest BCUT2D eigenvalue weighted by molar-refractivity contribution is -0.329. The van der Waals surface area contributed by atoms with Gasteiger partial charge in [0.1, 0.15) is 28.9 Å². The van der Waals surface area contributed by atoms with Crippen molar-refractivity contribution in [1.82, 2.24) is 14.4 Å². The molecule has 0 saturated carbocycles. The van der Waals surface area contributed by atoms with Crippen molar-refractivity contribution >= 4 is 23.3 Å². The first-order valence-corrected chi connectivity index (χ1v) is 10.5. The minimum Gasteiger partial charge on any atom is -0.388 e. The van der Waals surface area contributed by atoms with Gasteiger partial charge in [-0.15, -0.1) is 0 Å². The number of fused-ring (bicyclic) bond motifs is 1. The SMILES string of the molecule is CNc1ccc(-c2nc(C(O)(O)O)n3c(C)cnc(N)c23)c(C)c1.O=CC(O)c1cccc(F)c1. The number of halogens is 1. The highest BCUT2D eigenvalue weighted by molar-refractivity contribution is 5.87. The summed E-state index contributed by atoms with van der Waals surface area (Å²) in [5.74, 6) is -3.71. The normalized spacial score (nSPS) is 12.1. The van der Waals surface area contributed by atoms with Gasteiger partial charge in [-0.25, -0.2) is 14.4 Å². The first-order valence-electron chi connectivity index (χ1n) is 10.5. The zero-order chi connectivity index (χ0) is 25.9. The Bertz CT molecular complexity index is 1370. The average molecular weight is 484 g/mol. The molecular weight excluding hydrogens is 457 g/mol. The minimum atomic E-state index is -3.10. The molecule has 184 valence electrons. The number of nitrogens with one attached hydrogen (secondary N) is 1. The van der Waals surface area contributed by atoms with Gasteiger partial charge in [-0.2, -0.15) is 0 Å². The van der Waals surface area contributed by atoms with Gasteiger partial charge in [-0.1, -0.05) is 18.2 Å². The molecule has 0 bridgehead atoms. The van der Waals surface area contributed by atoms with Crippen LogP contribution in [0.2, 0.25) is 0 Å². The van der Waals surface area contributed by atoms with Crippen molar-refractivity contribution in [3.05, 3.63) is 77.1 Å². The third-order valence-corrected chi connectivity index (χ3v) is 5.25. The number of hydrogen-bond acceptors (Lipinski definition) is 9. The highest BCUT2D eigenvalue weighted by Crippen LogP contribution is 2.34. The fourth-order valence-corrected chi connectivity index (χ4v) is 3.55. The summed E-state index contributed by atoms with van der Waals surface area (Å²) in [5.41, 5.74) is 10.3. The first-order chi connectivity index (χ1) is 16.5. The molecule has 2 heterocycles. The van der Waals surface area contributed by atoms with E-state index in [1.165, 1.54) is 28.8 Å². The predicted molar refractivity (Wildman–Crippen MR) is 128 cm³/mol. The molecule has 0 fully saturated rings. The van der Waals surface area contributed by atoms with E-state index in [2.05, 4.69) is 15.3 Å². The Hall–Kier alpha value is -3.90. The van der Waals surface area contributed by atoms with E-state index in [1.807, 2.05) is 32.2 Å². The molecule has 1 atom stereocenters. The number of aryl methyl sites for hydroxylation is 2. The van der Waals surface area contributed by atoms with Gasteiger partial charge in [0.15, 0.2) is 6.29 Å². The van der Waals surface area contributed by atoms with Crippen molar-refractivity contribution in [3.63, 3.8) is 0 Å². The maximum atomic E-state index is 12.4. The first kappa shape index (κ1) is 25.7. The van der Waals surface area contributed by atoms with Crippen LogP contribution in [-0.4, -0.2) is 48.1 Å². The molecule has 2 aromatic heterocycles. The Kier molecular flexibility index (Phi) is 7.46. The summed E-state index contributed by atoms with van der Waals surface area (Å²) in [6.45, 7) is 3.61. The Morgan fingerprint density at radius 3 is 2.46 bits per heavy atom. The van der Waals surface area contributed by atoms with Crippen LogP contribution in [0.25, 0.3) is 16.8 Å². The molecule has 4 rings (SSSR count). The number of aliphatic hydroxyl groups excluding tert-OH is 1. The number of aromatic nitrogens is 3. The molecule has 0 aliphatic rings. The van der Waals surface area contributed by atoms with Gasteiger partial charge >= 0.3 is 5.97 Å². The van der Waals surface area contributed by atoms with Gasteiger partial charge in [0.2, 0.25) is 5.82 Å². The van der Waals surface area contributed by atoms with E-state index in [4.69, 9.17) is 10.8 Å². The molecule has 1 unspecified atom stereocenters. The number of carbonyl (C=O) groups excluding carboxylic acids is 1. The molecule has 0 spiro atoms. The number of imidazole rings is 1. The highest BCUT2D eigenvalue weighted by Gasteiger charge is 2.32. The molecule has 11 heteroatoms. The quantitative estimate of drug-likeness (QED) is 0.183. The maximum Gasteiger partial charge on any atom is 0.339 e. The fraction of sp³-hybridized carbons (Fsp3) is 0.208. The third kappa shape index (κ3) is 5.44. The minimum absolute atomic E-state index is 0.177. The third-order valence-electron chi connectivity index (χ3n) is 5.25. The fourth-order valence-electron chi connectivity index (χ4n) is 3.55. The topological polar surface area (TPSA) is 166 Å². The summed E-state index contributed by atoms with van der Waals surface area (Å²) in [6.07, 6.45) is 0.611. The molecule has 0 saturated heterocycles. The summed E-state index contributed by atoms with van der Waals surface area (Å²) in [5, 5.41) is 41.0. The van der Waals surface area contributed by atoms with Crippen molar-refractivity contribution in [3.8, 4) is 11.3 Å². The molecule has 0 aliphatic heterocycles. The number of benzene rings is 2. The van der Waals surface area contributed by atoms with Gasteiger partial charge in [0.05, 0.1) is 0 Å². The predicted octanol–water partition coefficient (Wildman–Crippen LogP) is 1.78. The summed E-state index contributed by atoms with van der Waals surface area (Å²) >= 11 is 0. The van der Waals surface area contributed by atoms with Crippen LogP contribution in [0.4, 0.5) is 15.9 Å². The van der Waals surface area contributed by atoms with E-state index in [9.17, 15) is 24.5 Å². The molecular formula is C24H26FN5O5. The summed E-state index contributed by atoms with van der Waals surface area (Å²) in [6, 6.07) is 11.0. The molecule has 2 aromatic carbocycles. The van der Waals surface area contributed by atoms with Crippen molar-refractivity contribution in [2.75, 3.05) is 18.1 Å². The van der Waals surface area contributed by atoms with Crippen LogP contribution >= 0.6 is 0 Å². The number of aliphatic hydroxyl groups is 4. The zero-order valence-corrected chi connectivity index (χ0v) is 19.3. The van der Waals surface area contributed by atoms with Crippen LogP contribution in [0, 0.1) is 19.7 Å². The van der Waals surface area contributed by atoms with Crippen LogP contribution in [0.1, 0.15) is 28.7 Å². The smallest absolute Gasteiger partial charge is 0.339 e. The van der Waals surface area contributed by atoms with E-state index >= 15 is 0 Å². The van der Waals surface area contributed by atoms with E-state index < -0.39 is 17.9 Å². The summed E-state index contributed by atoms with van der Waals surface area (Å²) in [4.78, 5) is 18.4. The van der Waals surface area contributed by atoms with Crippen molar-refractivity contribution in [1.29, 1.82) is 0 Å². The molecule has 0 aliphatic carbocycles. The maximum absolute atomic E-state index is 12.4. The van der Waals surface area contributed by atoms with Crippen LogP contribution < -0.4 is 11.1 Å². The van der Waals surface area contributed by atoms with Crippen molar-refractivity contribution in [2.45, 2.75) is 25.9 Å². The van der Waals surface area contributed by atoms with Crippen molar-refractivity contribution < 1.29 is 29.6 Å². The number of hydrogen-bond donors (Lipinski definition) is 6. The number of nitrogen functional groups attached to an aromatic ring is 1. The highest BCUT2D eigenvalue weighted by atomic mass is 19.1. The van der Waals surface area contributed by atoms with E-state index in [-0.39, 0.29) is 17.2 Å². The second-order valence-electron chi connectivity index (χ2n) is 7.80. The molecule has 4 aromatic rings. The van der Waals surface area contributed by atoms with Crippen LogP contribution in [-0.2, 0) is 10.8 Å². The molecule has 0 amide bonds. The average Bonchev–Trinajstić information content (AvgIpc) is 3.23. The van der Waals surface area contributed by atoms with E-state index in [0.717, 1.165) is 22.9 Å². The van der Waals surface area contributed by atoms with Crippen LogP contribution in [0.15, 0.2) is 48.7 Å². The van der Waals surface area contributed by atoms with Crippen molar-refractivity contribution in [2.24, 2.45) is 0 Å². The Balaban J connectivity index is 0.000000261. The van der Waals surface area contributed by atoms with Gasteiger partial charge in [0, 0.05) is 30.2 Å². The van der Waals surface area contributed by atoms with Crippen LogP contribution in [0.3, 0.4) is 0 Å². The largest absolute Gasteiger partial charge is 0.388 e. The van der Waals surface area contributed by atoms with Gasteiger partial charge in [-0.3, -0.25) is 4.40 Å².